The van der Waals surface area contributed by atoms with Gasteiger partial charge in [-0.15, -0.1) is 11.3 Å². The first kappa shape index (κ1) is 22.0. The fraction of sp³-hybridized carbons (Fsp3) is 0.320. The summed E-state index contributed by atoms with van der Waals surface area (Å²) in [7, 11) is 0. The quantitative estimate of drug-likeness (QED) is 0.586. The van der Waals surface area contributed by atoms with Gasteiger partial charge in [0.15, 0.2) is 6.10 Å². The van der Waals surface area contributed by atoms with Crippen LogP contribution >= 0.6 is 11.3 Å². The van der Waals surface area contributed by atoms with Gasteiger partial charge in [0, 0.05) is 10.4 Å². The third-order valence-electron chi connectivity index (χ3n) is 5.59. The van der Waals surface area contributed by atoms with Gasteiger partial charge >= 0.3 is 0 Å². The molecule has 1 aliphatic rings. The first-order valence-corrected chi connectivity index (χ1v) is 11.6. The number of nitrogens with one attached hydrogen (secondary N) is 1. The third kappa shape index (κ3) is 4.39. The summed E-state index contributed by atoms with van der Waals surface area (Å²) in [6.07, 6.45) is -0.0703. The minimum Gasteiger partial charge on any atom is -0.478 e. The second-order valence-corrected chi connectivity index (χ2v) is 9.37. The number of rotatable bonds is 6. The molecule has 7 heteroatoms. The Hall–Kier alpha value is -3.19. The molecule has 4 rings (SSSR count). The number of fused-ring (bicyclic) bond motifs is 1. The van der Waals surface area contributed by atoms with Crippen molar-refractivity contribution >= 4 is 28.8 Å². The number of aryl methyl sites for hydroxylation is 2. The number of carbonyl (C=O) groups excluding carboxylic acids is 2. The number of carbonyl (C=O) groups is 2. The topological polar surface area (TPSA) is 71.5 Å². The van der Waals surface area contributed by atoms with Gasteiger partial charge in [0.1, 0.15) is 12.3 Å². The Balaban J connectivity index is 1.62. The van der Waals surface area contributed by atoms with E-state index in [0.29, 0.717) is 17.9 Å². The molecule has 1 aromatic heterocycles. The molecule has 2 amide bonds. The average molecular weight is 450 g/mol. The molecular formula is C25H27N3O3S. The minimum absolute atomic E-state index is 0.0681. The van der Waals surface area contributed by atoms with Crippen LogP contribution in [0.5, 0.6) is 5.75 Å². The third-order valence-corrected chi connectivity index (χ3v) is 6.47. The van der Waals surface area contributed by atoms with Crippen molar-refractivity contribution in [2.24, 2.45) is 0 Å². The maximum Gasteiger partial charge on any atom is 0.268 e. The second kappa shape index (κ2) is 9.12. The van der Waals surface area contributed by atoms with Crippen molar-refractivity contribution in [2.75, 3.05) is 11.4 Å². The maximum atomic E-state index is 13.1. The summed E-state index contributed by atoms with van der Waals surface area (Å²) in [5.74, 6) is 0.183. The lowest BCUT2D eigenvalue weighted by molar-refractivity contribution is -0.129. The summed E-state index contributed by atoms with van der Waals surface area (Å²) >= 11 is 1.64. The average Bonchev–Trinajstić information content (AvgIpc) is 3.13. The van der Waals surface area contributed by atoms with Crippen LogP contribution in [-0.2, 0) is 9.59 Å². The first-order valence-electron chi connectivity index (χ1n) is 10.8. The number of ether oxygens (including phenoxy) is 1. The molecule has 0 spiro atoms. The van der Waals surface area contributed by atoms with Crippen LogP contribution in [0.2, 0.25) is 0 Å². The van der Waals surface area contributed by atoms with Crippen LogP contribution in [0.15, 0.2) is 48.5 Å². The Morgan fingerprint density at radius 2 is 1.97 bits per heavy atom. The maximum absolute atomic E-state index is 13.1. The Labute approximate surface area is 192 Å². The zero-order valence-electron chi connectivity index (χ0n) is 18.7. The predicted octanol–water partition coefficient (Wildman–Crippen LogP) is 4.81. The van der Waals surface area contributed by atoms with E-state index in [4.69, 9.17) is 4.74 Å². The highest BCUT2D eigenvalue weighted by atomic mass is 32.1. The van der Waals surface area contributed by atoms with Crippen molar-refractivity contribution in [1.29, 1.82) is 0 Å². The molecule has 2 aromatic carbocycles. The van der Waals surface area contributed by atoms with Crippen LogP contribution in [0.25, 0.3) is 11.3 Å². The molecular weight excluding hydrogens is 422 g/mol. The number of thiazole rings is 1. The summed E-state index contributed by atoms with van der Waals surface area (Å²) in [6.45, 7) is 7.77. The van der Waals surface area contributed by atoms with E-state index in [1.807, 2.05) is 76.2 Å². The summed E-state index contributed by atoms with van der Waals surface area (Å²) in [4.78, 5) is 33.3. The van der Waals surface area contributed by atoms with Gasteiger partial charge < -0.3 is 10.1 Å². The lowest BCUT2D eigenvalue weighted by Gasteiger charge is -2.34. The van der Waals surface area contributed by atoms with Crippen LogP contribution in [0.4, 0.5) is 5.69 Å². The smallest absolute Gasteiger partial charge is 0.268 e. The van der Waals surface area contributed by atoms with E-state index in [1.54, 1.807) is 11.3 Å². The zero-order chi connectivity index (χ0) is 22.8. The predicted molar refractivity (Wildman–Crippen MR) is 127 cm³/mol. The molecule has 0 saturated carbocycles. The molecule has 32 heavy (non-hydrogen) atoms. The van der Waals surface area contributed by atoms with Crippen molar-refractivity contribution in [2.45, 2.75) is 46.3 Å². The number of hydrogen-bond acceptors (Lipinski definition) is 5. The Morgan fingerprint density at radius 1 is 1.22 bits per heavy atom. The van der Waals surface area contributed by atoms with Gasteiger partial charge in [0.2, 0.25) is 5.91 Å². The molecule has 6 nitrogen and oxygen atoms in total. The van der Waals surface area contributed by atoms with E-state index in [2.05, 4.69) is 10.3 Å². The van der Waals surface area contributed by atoms with Crippen LogP contribution in [-0.4, -0.2) is 29.4 Å². The number of nitrogens with zero attached hydrogens (tertiary/aromatic N) is 2. The van der Waals surface area contributed by atoms with Crippen LogP contribution in [0, 0.1) is 13.8 Å². The molecule has 0 saturated heterocycles. The fourth-order valence-electron chi connectivity index (χ4n) is 3.94. The highest BCUT2D eigenvalue weighted by molar-refractivity contribution is 7.11. The molecule has 2 atom stereocenters. The minimum atomic E-state index is -0.601. The highest BCUT2D eigenvalue weighted by Gasteiger charge is 2.35. The summed E-state index contributed by atoms with van der Waals surface area (Å²) in [5.41, 5.74) is 3.41. The Bertz CT molecular complexity index is 1140. The highest BCUT2D eigenvalue weighted by Crippen LogP contribution is 2.39. The molecule has 1 N–H and O–H groups in total. The van der Waals surface area contributed by atoms with Crippen molar-refractivity contribution < 1.29 is 14.3 Å². The van der Waals surface area contributed by atoms with Crippen molar-refractivity contribution in [3.8, 4) is 17.0 Å². The van der Waals surface area contributed by atoms with Gasteiger partial charge in [-0.25, -0.2) is 4.98 Å². The monoisotopic (exact) mass is 449 g/mol. The van der Waals surface area contributed by atoms with E-state index in [1.165, 1.54) is 4.90 Å². The molecule has 2 unspecified atom stereocenters. The van der Waals surface area contributed by atoms with E-state index >= 15 is 0 Å². The van der Waals surface area contributed by atoms with Gasteiger partial charge in [-0.05, 0) is 51.0 Å². The van der Waals surface area contributed by atoms with Crippen LogP contribution < -0.4 is 15.0 Å². The largest absolute Gasteiger partial charge is 0.478 e. The molecule has 0 aliphatic carbocycles. The molecule has 0 radical (unpaired) electrons. The normalized spacial score (nSPS) is 16.3. The number of anilines is 1. The van der Waals surface area contributed by atoms with Crippen molar-refractivity contribution in [3.05, 3.63) is 64.0 Å². The Morgan fingerprint density at radius 3 is 2.62 bits per heavy atom. The lowest BCUT2D eigenvalue weighted by atomic mass is 10.1. The zero-order valence-corrected chi connectivity index (χ0v) is 19.5. The first-order chi connectivity index (χ1) is 15.4. The second-order valence-electron chi connectivity index (χ2n) is 7.96. The number of hydrogen-bond donors (Lipinski definition) is 1. The van der Waals surface area contributed by atoms with E-state index < -0.39 is 6.10 Å². The van der Waals surface area contributed by atoms with Crippen LogP contribution in [0.3, 0.4) is 0 Å². The lowest BCUT2D eigenvalue weighted by Crippen LogP contribution is -2.49. The van der Waals surface area contributed by atoms with Crippen molar-refractivity contribution in [3.63, 3.8) is 0 Å². The number of amides is 2. The molecule has 0 fully saturated rings. The molecule has 3 aromatic rings. The van der Waals surface area contributed by atoms with Crippen molar-refractivity contribution in [1.82, 2.24) is 10.3 Å². The van der Waals surface area contributed by atoms with Gasteiger partial charge in [-0.3, -0.25) is 14.5 Å². The molecule has 166 valence electrons. The number of aromatic nitrogens is 1. The molecule has 2 heterocycles. The van der Waals surface area contributed by atoms with Gasteiger partial charge in [-0.2, -0.15) is 0 Å². The fourth-order valence-corrected chi connectivity index (χ4v) is 4.79. The summed E-state index contributed by atoms with van der Waals surface area (Å²) < 4.78 is 5.94. The van der Waals surface area contributed by atoms with E-state index in [-0.39, 0.29) is 24.4 Å². The number of benzene rings is 2. The Kier molecular flexibility index (Phi) is 6.28. The van der Waals surface area contributed by atoms with E-state index in [9.17, 15) is 9.59 Å². The summed E-state index contributed by atoms with van der Waals surface area (Å²) in [6, 6.07) is 15.3. The van der Waals surface area contributed by atoms with Gasteiger partial charge in [0.25, 0.3) is 5.91 Å². The standard InChI is InChI=1S/C25H27N3O3S/c1-5-21-25(30)28(14-23(29)26-15(2)18-9-7-6-8-10-18)20-13-19(11-12-22(20)31-21)24-16(3)32-17(4)27-24/h6-13,15,21H,5,14H2,1-4H3,(H,26,29). The molecule has 0 bridgehead atoms. The van der Waals surface area contributed by atoms with Gasteiger partial charge in [-0.1, -0.05) is 37.3 Å². The summed E-state index contributed by atoms with van der Waals surface area (Å²) in [5, 5.41) is 3.99. The van der Waals surface area contributed by atoms with E-state index in [0.717, 1.165) is 26.7 Å². The SMILES string of the molecule is CCC1Oc2ccc(-c3nc(C)sc3C)cc2N(CC(=O)NC(C)c2ccccc2)C1=O. The van der Waals surface area contributed by atoms with Gasteiger partial charge in [0.05, 0.1) is 22.4 Å². The van der Waals surface area contributed by atoms with Crippen LogP contribution in [0.1, 0.15) is 41.8 Å². The molecule has 1 aliphatic heterocycles.